The zero-order chi connectivity index (χ0) is 7.82. The summed E-state index contributed by atoms with van der Waals surface area (Å²) in [6, 6.07) is 0. The topological polar surface area (TPSA) is 43.4 Å². The van der Waals surface area contributed by atoms with Crippen LogP contribution in [0.25, 0.3) is 0 Å². The fraction of sp³-hybridized carbons (Fsp3) is 0.714. The second-order valence-corrected chi connectivity index (χ2v) is 2.14. The summed E-state index contributed by atoms with van der Waals surface area (Å²) >= 11 is 0. The Morgan fingerprint density at radius 3 is 2.70 bits per heavy atom. The maximum absolute atomic E-state index is 9.83. The first-order valence-corrected chi connectivity index (χ1v) is 3.34. The predicted octanol–water partition coefficient (Wildman–Crippen LogP) is 0.917. The van der Waals surface area contributed by atoms with Gasteiger partial charge in [-0.2, -0.15) is 0 Å². The van der Waals surface area contributed by atoms with Crippen molar-refractivity contribution in [1.82, 2.24) is 0 Å². The van der Waals surface area contributed by atoms with E-state index in [-0.39, 0.29) is 6.10 Å². The molecule has 1 unspecified atom stereocenters. The summed E-state index contributed by atoms with van der Waals surface area (Å²) in [6.45, 7) is 2.24. The van der Waals surface area contributed by atoms with Gasteiger partial charge in [-0.05, 0) is 19.8 Å². The first kappa shape index (κ1) is 9.14. The van der Waals surface area contributed by atoms with Gasteiger partial charge in [-0.1, -0.05) is 0 Å². The van der Waals surface area contributed by atoms with E-state index in [1.54, 1.807) is 6.92 Å². The van der Waals surface area contributed by atoms with E-state index in [1.165, 1.54) is 0 Å². The summed E-state index contributed by atoms with van der Waals surface area (Å²) in [6.07, 6.45) is 2.91. The van der Waals surface area contributed by atoms with Crippen molar-refractivity contribution in [2.24, 2.45) is 0 Å². The van der Waals surface area contributed by atoms with Crippen LogP contribution in [0.5, 0.6) is 0 Å². The van der Waals surface area contributed by atoms with E-state index in [9.17, 15) is 9.59 Å². The molecule has 0 aromatic rings. The highest BCUT2D eigenvalue weighted by Crippen LogP contribution is 2.00. The van der Waals surface area contributed by atoms with Crippen LogP contribution in [0.1, 0.15) is 26.2 Å². The molecule has 3 nitrogen and oxygen atoms in total. The van der Waals surface area contributed by atoms with Gasteiger partial charge in [-0.25, -0.2) is 0 Å². The molecule has 0 aliphatic heterocycles. The van der Waals surface area contributed by atoms with Crippen LogP contribution in [-0.4, -0.2) is 18.9 Å². The van der Waals surface area contributed by atoms with E-state index in [0.717, 1.165) is 19.1 Å². The van der Waals surface area contributed by atoms with E-state index in [2.05, 4.69) is 4.74 Å². The Morgan fingerprint density at radius 2 is 2.20 bits per heavy atom. The molecule has 0 N–H and O–H groups in total. The molecule has 0 saturated carbocycles. The van der Waals surface area contributed by atoms with Gasteiger partial charge >= 0.3 is 0 Å². The van der Waals surface area contributed by atoms with Crippen LogP contribution in [0.4, 0.5) is 0 Å². The molecule has 58 valence electrons. The fourth-order valence-corrected chi connectivity index (χ4v) is 0.652. The quantitative estimate of drug-likeness (QED) is 0.411. The lowest BCUT2D eigenvalue weighted by atomic mass is 10.2. The molecule has 0 heterocycles. The maximum Gasteiger partial charge on any atom is 0.293 e. The normalized spacial score (nSPS) is 12.1. The second kappa shape index (κ2) is 6.26. The molecule has 0 aliphatic rings. The monoisotopic (exact) mass is 144 g/mol. The minimum absolute atomic E-state index is 0.0579. The zero-order valence-electron chi connectivity index (χ0n) is 6.08. The number of carbonyl (C=O) groups excluding carboxylic acids is 2. The SMILES string of the molecule is CC(CCCC=O)OC=O. The Balaban J connectivity index is 3.11. The Morgan fingerprint density at radius 1 is 1.50 bits per heavy atom. The van der Waals surface area contributed by atoms with E-state index in [0.29, 0.717) is 12.9 Å². The van der Waals surface area contributed by atoms with Crippen molar-refractivity contribution in [3.8, 4) is 0 Å². The third-order valence-corrected chi connectivity index (χ3v) is 1.22. The molecule has 0 saturated heterocycles. The summed E-state index contributed by atoms with van der Waals surface area (Å²) < 4.78 is 4.59. The number of hydrogen-bond acceptors (Lipinski definition) is 3. The van der Waals surface area contributed by atoms with Crippen molar-refractivity contribution in [3.05, 3.63) is 0 Å². The minimum atomic E-state index is -0.0579. The number of aldehydes is 1. The molecule has 0 radical (unpaired) electrons. The van der Waals surface area contributed by atoms with Gasteiger partial charge in [0.15, 0.2) is 0 Å². The predicted molar refractivity (Wildman–Crippen MR) is 36.5 cm³/mol. The van der Waals surface area contributed by atoms with Crippen LogP contribution >= 0.6 is 0 Å². The molecule has 0 bridgehead atoms. The molecule has 0 fully saturated rings. The van der Waals surface area contributed by atoms with Gasteiger partial charge in [0.25, 0.3) is 6.47 Å². The lowest BCUT2D eigenvalue weighted by molar-refractivity contribution is -0.133. The summed E-state index contributed by atoms with van der Waals surface area (Å²) in [7, 11) is 0. The molecular formula is C7H12O3. The summed E-state index contributed by atoms with van der Waals surface area (Å²) in [4.78, 5) is 19.6. The standard InChI is InChI=1S/C7H12O3/c1-7(10-6-9)4-2-3-5-8/h5-7H,2-4H2,1H3. The molecule has 0 amide bonds. The van der Waals surface area contributed by atoms with Crippen molar-refractivity contribution >= 4 is 12.8 Å². The molecule has 3 heteroatoms. The van der Waals surface area contributed by atoms with Gasteiger partial charge in [0, 0.05) is 6.42 Å². The average molecular weight is 144 g/mol. The van der Waals surface area contributed by atoms with Crippen LogP contribution < -0.4 is 0 Å². The highest BCUT2D eigenvalue weighted by atomic mass is 16.5. The Labute approximate surface area is 60.4 Å². The molecular weight excluding hydrogens is 132 g/mol. The lowest BCUT2D eigenvalue weighted by Crippen LogP contribution is -2.05. The van der Waals surface area contributed by atoms with E-state index < -0.39 is 0 Å². The van der Waals surface area contributed by atoms with Gasteiger partial charge in [0.1, 0.15) is 6.29 Å². The van der Waals surface area contributed by atoms with Crippen LogP contribution in [0.3, 0.4) is 0 Å². The smallest absolute Gasteiger partial charge is 0.293 e. The van der Waals surface area contributed by atoms with Gasteiger partial charge in [0.05, 0.1) is 6.10 Å². The molecule has 0 aliphatic carbocycles. The number of carbonyl (C=O) groups is 2. The van der Waals surface area contributed by atoms with E-state index in [4.69, 9.17) is 0 Å². The number of unbranched alkanes of at least 4 members (excludes halogenated alkanes) is 1. The van der Waals surface area contributed by atoms with Crippen LogP contribution in [0.15, 0.2) is 0 Å². The first-order chi connectivity index (χ1) is 4.81. The Hall–Kier alpha value is -0.860. The van der Waals surface area contributed by atoms with Crippen LogP contribution in [0, 0.1) is 0 Å². The molecule has 0 aromatic carbocycles. The van der Waals surface area contributed by atoms with Crippen molar-refractivity contribution < 1.29 is 14.3 Å². The van der Waals surface area contributed by atoms with Crippen LogP contribution in [-0.2, 0) is 14.3 Å². The third kappa shape index (κ3) is 5.28. The fourth-order valence-electron chi connectivity index (χ4n) is 0.652. The highest BCUT2D eigenvalue weighted by Gasteiger charge is 1.99. The second-order valence-electron chi connectivity index (χ2n) is 2.14. The first-order valence-electron chi connectivity index (χ1n) is 3.34. The largest absolute Gasteiger partial charge is 0.465 e. The zero-order valence-corrected chi connectivity index (χ0v) is 6.08. The Bertz CT molecular complexity index is 101. The Kier molecular flexibility index (Phi) is 5.72. The van der Waals surface area contributed by atoms with Gasteiger partial charge in [-0.15, -0.1) is 0 Å². The van der Waals surface area contributed by atoms with E-state index in [1.807, 2.05) is 0 Å². The molecule has 0 aromatic heterocycles. The number of rotatable bonds is 6. The van der Waals surface area contributed by atoms with Gasteiger partial charge in [0.2, 0.25) is 0 Å². The molecule has 0 spiro atoms. The molecule has 10 heavy (non-hydrogen) atoms. The van der Waals surface area contributed by atoms with Gasteiger partial charge in [-0.3, -0.25) is 4.79 Å². The number of hydrogen-bond donors (Lipinski definition) is 0. The average Bonchev–Trinajstić information content (AvgIpc) is 1.89. The van der Waals surface area contributed by atoms with Crippen LogP contribution in [0.2, 0.25) is 0 Å². The summed E-state index contributed by atoms with van der Waals surface area (Å²) in [5.74, 6) is 0. The third-order valence-electron chi connectivity index (χ3n) is 1.22. The van der Waals surface area contributed by atoms with Crippen molar-refractivity contribution in [3.63, 3.8) is 0 Å². The minimum Gasteiger partial charge on any atom is -0.465 e. The van der Waals surface area contributed by atoms with E-state index >= 15 is 0 Å². The summed E-state index contributed by atoms with van der Waals surface area (Å²) in [5.41, 5.74) is 0. The molecule has 1 atom stereocenters. The number of ether oxygens (including phenoxy) is 1. The van der Waals surface area contributed by atoms with Crippen molar-refractivity contribution in [1.29, 1.82) is 0 Å². The summed E-state index contributed by atoms with van der Waals surface area (Å²) in [5, 5.41) is 0. The van der Waals surface area contributed by atoms with Crippen molar-refractivity contribution in [2.75, 3.05) is 0 Å². The van der Waals surface area contributed by atoms with Crippen molar-refractivity contribution in [2.45, 2.75) is 32.3 Å². The highest BCUT2D eigenvalue weighted by molar-refractivity contribution is 5.48. The maximum atomic E-state index is 9.83. The van der Waals surface area contributed by atoms with Gasteiger partial charge < -0.3 is 9.53 Å². The molecule has 0 rings (SSSR count). The lowest BCUT2D eigenvalue weighted by Gasteiger charge is -2.06.